The van der Waals surface area contributed by atoms with Crippen LogP contribution in [-0.2, 0) is 33.3 Å². The second kappa shape index (κ2) is 15.2. The molecule has 3 heterocycles. The number of carboxylic acid groups (broad SMARTS) is 1. The second-order valence-electron chi connectivity index (χ2n) is 11.6. The molecule has 0 bridgehead atoms. The van der Waals surface area contributed by atoms with E-state index < -0.39 is 103 Å². The molecule has 5 rings (SSSR count). The lowest BCUT2D eigenvalue weighted by molar-refractivity contribution is -0.279. The lowest BCUT2D eigenvalue weighted by Crippen LogP contribution is -2.63. The van der Waals surface area contributed by atoms with Gasteiger partial charge in [0.2, 0.25) is 11.7 Å². The highest BCUT2D eigenvalue weighted by molar-refractivity contribution is 5.96. The van der Waals surface area contributed by atoms with Crippen molar-refractivity contribution >= 4 is 28.9 Å². The molecular weight excluding hydrogens is 688 g/mol. The summed E-state index contributed by atoms with van der Waals surface area (Å²) < 4.78 is 36.6. The number of aromatic hydroxyl groups is 1. The molecule has 11 atom stereocenters. The molecule has 1 aromatic heterocycles. The summed E-state index contributed by atoms with van der Waals surface area (Å²) in [5.41, 5.74) is -0.109. The summed E-state index contributed by atoms with van der Waals surface area (Å²) in [5.74, 6) is -7.17. The van der Waals surface area contributed by atoms with Gasteiger partial charge in [0.25, 0.3) is 0 Å². The van der Waals surface area contributed by atoms with Crippen LogP contribution in [0.5, 0.6) is 17.2 Å². The van der Waals surface area contributed by atoms with E-state index in [9.17, 15) is 60.0 Å². The number of hydrogen-bond donors (Lipinski definition) is 8. The molecule has 2 aromatic carbocycles. The van der Waals surface area contributed by atoms with Crippen molar-refractivity contribution in [3.8, 4) is 28.4 Å². The van der Waals surface area contributed by atoms with E-state index in [2.05, 4.69) is 4.74 Å². The average molecular weight is 723 g/mol. The van der Waals surface area contributed by atoms with E-state index in [-0.39, 0.29) is 22.3 Å². The quantitative estimate of drug-likeness (QED) is 0.0801. The molecule has 276 valence electrons. The number of rotatable bonds is 10. The lowest BCUT2D eigenvalue weighted by atomic mass is 9.87. The minimum atomic E-state index is -2.22. The lowest BCUT2D eigenvalue weighted by Gasteiger charge is -2.41. The molecule has 51 heavy (non-hydrogen) atoms. The molecule has 3 aromatic rings. The maximum atomic E-state index is 13.3. The number of phenolic OH excluding ortho intramolecular Hbond substituents is 1. The maximum Gasteiger partial charge on any atom is 0.335 e. The highest BCUT2D eigenvalue weighted by Gasteiger charge is 2.54. The van der Waals surface area contributed by atoms with Gasteiger partial charge in [0.05, 0.1) is 19.8 Å². The molecule has 2 aliphatic rings. The van der Waals surface area contributed by atoms with E-state index in [4.69, 9.17) is 28.1 Å². The Hall–Kier alpha value is -4.86. The fourth-order valence-corrected chi connectivity index (χ4v) is 5.66. The number of carbonyl (C=O) groups is 3. The molecular formula is C32H34O19. The van der Waals surface area contributed by atoms with Gasteiger partial charge in [-0.2, -0.15) is 0 Å². The smallest absolute Gasteiger partial charge is 0.335 e. The summed E-state index contributed by atoms with van der Waals surface area (Å²) >= 11 is 0. The Labute approximate surface area is 286 Å². The zero-order valence-electron chi connectivity index (χ0n) is 26.7. The van der Waals surface area contributed by atoms with Gasteiger partial charge in [0.15, 0.2) is 12.0 Å². The van der Waals surface area contributed by atoms with Crippen LogP contribution in [0.1, 0.15) is 0 Å². The highest BCUT2D eigenvalue weighted by atomic mass is 16.7. The van der Waals surface area contributed by atoms with Crippen molar-refractivity contribution in [2.75, 3.05) is 20.8 Å². The molecule has 0 spiro atoms. The zero-order valence-corrected chi connectivity index (χ0v) is 26.7. The number of aliphatic hydroxyl groups is 6. The van der Waals surface area contributed by atoms with Crippen molar-refractivity contribution in [2.45, 2.75) is 61.2 Å². The van der Waals surface area contributed by atoms with E-state index in [1.807, 2.05) is 0 Å². The molecule has 0 saturated carbocycles. The van der Waals surface area contributed by atoms with Crippen molar-refractivity contribution in [3.05, 3.63) is 52.9 Å². The first-order valence-corrected chi connectivity index (χ1v) is 15.1. The number of aliphatic hydroxyl groups excluding tert-OH is 6. The molecule has 19 nitrogen and oxygen atoms in total. The Morgan fingerprint density at radius 1 is 0.824 bits per heavy atom. The van der Waals surface area contributed by atoms with Gasteiger partial charge in [-0.1, -0.05) is 12.1 Å². The molecule has 0 amide bonds. The number of aliphatic carboxylic acids is 1. The van der Waals surface area contributed by atoms with Gasteiger partial charge in [-0.25, -0.2) is 4.79 Å². The molecule has 2 aliphatic heterocycles. The van der Waals surface area contributed by atoms with Crippen LogP contribution >= 0.6 is 0 Å². The van der Waals surface area contributed by atoms with Crippen molar-refractivity contribution < 1.29 is 88.1 Å². The summed E-state index contributed by atoms with van der Waals surface area (Å²) in [4.78, 5) is 50.4. The van der Waals surface area contributed by atoms with E-state index in [1.165, 1.54) is 13.2 Å². The molecule has 8 N–H and O–H groups in total. The molecule has 19 heteroatoms. The number of methoxy groups -OCH3 is 2. The predicted octanol–water partition coefficient (Wildman–Crippen LogP) is -2.37. The van der Waals surface area contributed by atoms with Gasteiger partial charge in [-0.3, -0.25) is 14.4 Å². The Bertz CT molecular complexity index is 1810. The van der Waals surface area contributed by atoms with E-state index >= 15 is 0 Å². The van der Waals surface area contributed by atoms with Crippen LogP contribution in [0, 0.1) is 5.92 Å². The van der Waals surface area contributed by atoms with Gasteiger partial charge in [-0.05, 0) is 17.7 Å². The van der Waals surface area contributed by atoms with Gasteiger partial charge in [0, 0.05) is 12.1 Å². The van der Waals surface area contributed by atoms with E-state index in [0.717, 1.165) is 19.4 Å². The molecule has 2 saturated heterocycles. The first-order valence-electron chi connectivity index (χ1n) is 15.1. The topological polar surface area (TPSA) is 299 Å². The Kier molecular flexibility index (Phi) is 11.1. The summed E-state index contributed by atoms with van der Waals surface area (Å²) in [5, 5.41) is 82.1. The van der Waals surface area contributed by atoms with Crippen LogP contribution in [-0.4, -0.2) is 141 Å². The zero-order chi connectivity index (χ0) is 37.3. The third-order valence-electron chi connectivity index (χ3n) is 8.47. The molecule has 0 radical (unpaired) electrons. The number of benzene rings is 2. The maximum absolute atomic E-state index is 13.3. The normalized spacial score (nSPS) is 29.9. The predicted molar refractivity (Wildman–Crippen MR) is 164 cm³/mol. The number of phenols is 1. The number of carbonyl (C=O) groups excluding carboxylic acids is 2. The highest BCUT2D eigenvalue weighted by Crippen LogP contribution is 2.34. The van der Waals surface area contributed by atoms with Crippen LogP contribution in [0.25, 0.3) is 22.1 Å². The van der Waals surface area contributed by atoms with Crippen LogP contribution in [0.15, 0.2) is 51.9 Å². The number of hydrogen-bond acceptors (Lipinski definition) is 18. The fraction of sp³-hybridized carbons (Fsp3) is 0.438. The average Bonchev–Trinajstić information content (AvgIpc) is 3.11. The molecule has 0 aliphatic carbocycles. The largest absolute Gasteiger partial charge is 0.507 e. The molecule has 2 fully saturated rings. The van der Waals surface area contributed by atoms with E-state index in [0.29, 0.717) is 11.3 Å². The Morgan fingerprint density at radius 2 is 1.49 bits per heavy atom. The number of ether oxygens (including phenoxy) is 6. The second-order valence-corrected chi connectivity index (χ2v) is 11.6. The van der Waals surface area contributed by atoms with Gasteiger partial charge < -0.3 is 73.7 Å². The van der Waals surface area contributed by atoms with Gasteiger partial charge in [-0.15, -0.1) is 0 Å². The third-order valence-corrected chi connectivity index (χ3v) is 8.47. The summed E-state index contributed by atoms with van der Waals surface area (Å²) in [6.07, 6.45) is -18.8. The van der Waals surface area contributed by atoms with Crippen LogP contribution < -0.4 is 14.9 Å². The number of carboxylic acids is 1. The Morgan fingerprint density at radius 3 is 2.12 bits per heavy atom. The Balaban J connectivity index is 1.32. The van der Waals surface area contributed by atoms with Gasteiger partial charge >= 0.3 is 17.9 Å². The summed E-state index contributed by atoms with van der Waals surface area (Å²) in [6.45, 7) is -0.945. The fourth-order valence-electron chi connectivity index (χ4n) is 5.66. The van der Waals surface area contributed by atoms with Crippen molar-refractivity contribution in [1.82, 2.24) is 0 Å². The minimum absolute atomic E-state index is 0.129. The SMILES string of the molecule is COC(=O)C(C(=O)OCC1OC(Oc2cc(O)c3c(=O)c(-c4ccc(OC)cc4)coc3c2)C(O)C(O)C1O)C1OC(C(=O)O)C(O)C(O)C1O. The van der Waals surface area contributed by atoms with Crippen LogP contribution in [0.4, 0.5) is 0 Å². The standard InChI is InChI=1S/C32H34O19/c1-45-12-5-3-11(4-6-12)14-9-47-16-8-13(7-15(33)18(16)20(14)34)49-32-26(40)22(36)21(35)17(50-32)10-48-31(44)19(30(43)46-2)27-24(38)23(37)25(39)28(51-27)29(41)42/h3-9,17,19,21-28,32-33,35-40H,10H2,1-2H3,(H,41,42). The van der Waals surface area contributed by atoms with Crippen LogP contribution in [0.3, 0.4) is 0 Å². The summed E-state index contributed by atoms with van der Waals surface area (Å²) in [7, 11) is 2.33. The van der Waals surface area contributed by atoms with Crippen molar-refractivity contribution in [3.63, 3.8) is 0 Å². The number of fused-ring (bicyclic) bond motifs is 1. The number of esters is 2. The first-order chi connectivity index (χ1) is 24.2. The third kappa shape index (κ3) is 7.32. The van der Waals surface area contributed by atoms with Crippen molar-refractivity contribution in [1.29, 1.82) is 0 Å². The monoisotopic (exact) mass is 722 g/mol. The first kappa shape index (κ1) is 37.4. The minimum Gasteiger partial charge on any atom is -0.507 e. The van der Waals surface area contributed by atoms with Crippen molar-refractivity contribution in [2.24, 2.45) is 5.92 Å². The summed E-state index contributed by atoms with van der Waals surface area (Å²) in [6, 6.07) is 8.69. The van der Waals surface area contributed by atoms with E-state index in [1.54, 1.807) is 24.3 Å². The van der Waals surface area contributed by atoms with Gasteiger partial charge in [0.1, 0.15) is 89.9 Å². The molecule has 11 unspecified atom stereocenters. The van der Waals surface area contributed by atoms with Crippen LogP contribution in [0.2, 0.25) is 0 Å².